The van der Waals surface area contributed by atoms with Crippen LogP contribution in [0.3, 0.4) is 0 Å². The second-order valence-electron chi connectivity index (χ2n) is 9.10. The molecule has 1 heterocycles. The van der Waals surface area contributed by atoms with Gasteiger partial charge in [-0.15, -0.1) is 0 Å². The van der Waals surface area contributed by atoms with Crippen LogP contribution in [-0.4, -0.2) is 44.3 Å². The van der Waals surface area contributed by atoms with Crippen molar-refractivity contribution in [3.05, 3.63) is 59.7 Å². The predicted molar refractivity (Wildman–Crippen MR) is 129 cm³/mol. The number of hydrogen-bond acceptors (Lipinski definition) is 4. The van der Waals surface area contributed by atoms with Crippen LogP contribution in [0.2, 0.25) is 0 Å². The first kappa shape index (κ1) is 24.8. The van der Waals surface area contributed by atoms with Crippen LogP contribution >= 0.6 is 0 Å². The zero-order valence-electron chi connectivity index (χ0n) is 19.7. The number of rotatable bonds is 7. The van der Waals surface area contributed by atoms with Gasteiger partial charge in [0.05, 0.1) is 4.90 Å². The molecule has 0 bridgehead atoms. The molecular weight excluding hydrogens is 438 g/mol. The van der Waals surface area contributed by atoms with Crippen LogP contribution in [0.15, 0.2) is 53.4 Å². The lowest BCUT2D eigenvalue weighted by Crippen LogP contribution is -2.45. The van der Waals surface area contributed by atoms with E-state index in [1.807, 2.05) is 26.0 Å². The SMILES string of the molecule is Cc1ccc(NS(=O)(=O)c2ccc(C(=O)N3CCC(C(=O)NC(C)C(C)C)CC3)cc2)cc1. The summed E-state index contributed by atoms with van der Waals surface area (Å²) < 4.78 is 27.8. The fourth-order valence-corrected chi connectivity index (χ4v) is 4.71. The van der Waals surface area contributed by atoms with Gasteiger partial charge in [-0.2, -0.15) is 0 Å². The predicted octanol–water partition coefficient (Wildman–Crippen LogP) is 3.81. The molecule has 178 valence electrons. The Balaban J connectivity index is 1.58. The molecule has 0 saturated carbocycles. The Hall–Kier alpha value is -2.87. The van der Waals surface area contributed by atoms with E-state index in [2.05, 4.69) is 23.9 Å². The summed E-state index contributed by atoms with van der Waals surface area (Å²) in [6, 6.07) is 13.1. The summed E-state index contributed by atoms with van der Waals surface area (Å²) in [4.78, 5) is 27.2. The Morgan fingerprint density at radius 1 is 0.939 bits per heavy atom. The minimum atomic E-state index is -3.75. The van der Waals surface area contributed by atoms with Gasteiger partial charge >= 0.3 is 0 Å². The molecule has 2 N–H and O–H groups in total. The molecule has 7 nitrogen and oxygen atoms in total. The Kier molecular flexibility index (Phi) is 7.79. The minimum absolute atomic E-state index is 0.0546. The first-order chi connectivity index (χ1) is 15.6. The highest BCUT2D eigenvalue weighted by Gasteiger charge is 2.29. The van der Waals surface area contributed by atoms with Crippen LogP contribution in [0.25, 0.3) is 0 Å². The van der Waals surface area contributed by atoms with Crippen molar-refractivity contribution < 1.29 is 18.0 Å². The summed E-state index contributed by atoms with van der Waals surface area (Å²) >= 11 is 0. The van der Waals surface area contributed by atoms with Crippen molar-refractivity contribution in [3.63, 3.8) is 0 Å². The molecule has 1 unspecified atom stereocenters. The van der Waals surface area contributed by atoms with E-state index in [0.717, 1.165) is 5.56 Å². The highest BCUT2D eigenvalue weighted by molar-refractivity contribution is 7.92. The highest BCUT2D eigenvalue weighted by Crippen LogP contribution is 2.22. The van der Waals surface area contributed by atoms with E-state index in [1.165, 1.54) is 24.3 Å². The molecule has 33 heavy (non-hydrogen) atoms. The zero-order chi connectivity index (χ0) is 24.2. The van der Waals surface area contributed by atoms with Crippen molar-refractivity contribution in [1.29, 1.82) is 0 Å². The molecule has 0 aliphatic carbocycles. The number of hydrogen-bond donors (Lipinski definition) is 2. The number of aryl methyl sites for hydroxylation is 1. The smallest absolute Gasteiger partial charge is 0.261 e. The Labute approximate surface area is 196 Å². The topological polar surface area (TPSA) is 95.6 Å². The van der Waals surface area contributed by atoms with E-state index in [1.54, 1.807) is 17.0 Å². The van der Waals surface area contributed by atoms with Gasteiger partial charge in [-0.25, -0.2) is 8.42 Å². The molecular formula is C25H33N3O4S. The molecule has 0 aromatic heterocycles. The van der Waals surface area contributed by atoms with Gasteiger partial charge in [-0.1, -0.05) is 31.5 Å². The Morgan fingerprint density at radius 2 is 1.52 bits per heavy atom. The van der Waals surface area contributed by atoms with Crippen LogP contribution in [0.4, 0.5) is 5.69 Å². The third kappa shape index (κ3) is 6.35. The maximum atomic E-state index is 12.9. The lowest BCUT2D eigenvalue weighted by atomic mass is 9.94. The fourth-order valence-electron chi connectivity index (χ4n) is 3.65. The number of sulfonamides is 1. The fraction of sp³-hybridized carbons (Fsp3) is 0.440. The average Bonchev–Trinajstić information content (AvgIpc) is 2.80. The molecule has 2 aromatic carbocycles. The maximum absolute atomic E-state index is 12.9. The molecule has 1 aliphatic heterocycles. The van der Waals surface area contributed by atoms with Gasteiger partial charge in [0.15, 0.2) is 0 Å². The van der Waals surface area contributed by atoms with Crippen molar-refractivity contribution in [2.45, 2.75) is 51.5 Å². The number of anilines is 1. The lowest BCUT2D eigenvalue weighted by molar-refractivity contribution is -0.127. The van der Waals surface area contributed by atoms with Gasteiger partial charge in [-0.3, -0.25) is 14.3 Å². The van der Waals surface area contributed by atoms with Crippen molar-refractivity contribution in [2.75, 3.05) is 17.8 Å². The third-order valence-electron chi connectivity index (χ3n) is 6.24. The van der Waals surface area contributed by atoms with Gasteiger partial charge in [0.1, 0.15) is 0 Å². The highest BCUT2D eigenvalue weighted by atomic mass is 32.2. The van der Waals surface area contributed by atoms with E-state index in [9.17, 15) is 18.0 Å². The number of benzene rings is 2. The minimum Gasteiger partial charge on any atom is -0.353 e. The van der Waals surface area contributed by atoms with Gasteiger partial charge in [0, 0.05) is 36.3 Å². The first-order valence-electron chi connectivity index (χ1n) is 11.4. The molecule has 8 heteroatoms. The standard InChI is InChI=1S/C25H33N3O4S/c1-17(2)19(4)26-24(29)20-13-15-28(16-14-20)25(30)21-7-11-23(12-8-21)33(31,32)27-22-9-5-18(3)6-10-22/h5-12,17,19-20,27H,13-16H2,1-4H3,(H,26,29). The normalized spacial score (nSPS) is 15.8. The van der Waals surface area contributed by atoms with Crippen LogP contribution in [0.1, 0.15) is 49.5 Å². The van der Waals surface area contributed by atoms with Crippen LogP contribution < -0.4 is 10.0 Å². The summed E-state index contributed by atoms with van der Waals surface area (Å²) in [6.45, 7) is 9.08. The van der Waals surface area contributed by atoms with Crippen molar-refractivity contribution in [2.24, 2.45) is 11.8 Å². The van der Waals surface area contributed by atoms with Crippen LogP contribution in [0, 0.1) is 18.8 Å². The van der Waals surface area contributed by atoms with Crippen molar-refractivity contribution in [3.8, 4) is 0 Å². The number of piperidine rings is 1. The molecule has 0 radical (unpaired) electrons. The molecule has 1 aliphatic rings. The molecule has 2 aromatic rings. The molecule has 1 saturated heterocycles. The van der Waals surface area contributed by atoms with Gasteiger partial charge in [-0.05, 0) is 69.0 Å². The number of nitrogens with one attached hydrogen (secondary N) is 2. The quantitative estimate of drug-likeness (QED) is 0.642. The van der Waals surface area contributed by atoms with Crippen LogP contribution in [-0.2, 0) is 14.8 Å². The van der Waals surface area contributed by atoms with Crippen LogP contribution in [0.5, 0.6) is 0 Å². The number of carbonyl (C=O) groups is 2. The largest absolute Gasteiger partial charge is 0.353 e. The number of amides is 2. The second kappa shape index (κ2) is 10.4. The summed E-state index contributed by atoms with van der Waals surface area (Å²) in [6.07, 6.45) is 1.24. The molecule has 3 rings (SSSR count). The third-order valence-corrected chi connectivity index (χ3v) is 7.64. The number of carbonyl (C=O) groups excluding carboxylic acids is 2. The Morgan fingerprint density at radius 3 is 2.06 bits per heavy atom. The summed E-state index contributed by atoms with van der Waals surface area (Å²) in [5, 5.41) is 3.06. The van der Waals surface area contributed by atoms with Gasteiger partial charge in [0.2, 0.25) is 5.91 Å². The molecule has 0 spiro atoms. The Bertz CT molecular complexity index is 1070. The zero-order valence-corrected chi connectivity index (χ0v) is 20.5. The summed E-state index contributed by atoms with van der Waals surface area (Å²) in [5.74, 6) is 0.184. The molecule has 2 amide bonds. The van der Waals surface area contributed by atoms with E-state index in [4.69, 9.17) is 0 Å². The molecule has 1 atom stereocenters. The van der Waals surface area contributed by atoms with E-state index < -0.39 is 10.0 Å². The van der Waals surface area contributed by atoms with Crippen molar-refractivity contribution >= 4 is 27.5 Å². The van der Waals surface area contributed by atoms with Gasteiger partial charge in [0.25, 0.3) is 15.9 Å². The maximum Gasteiger partial charge on any atom is 0.261 e. The van der Waals surface area contributed by atoms with E-state index >= 15 is 0 Å². The average molecular weight is 472 g/mol. The molecule has 1 fully saturated rings. The number of likely N-dealkylation sites (tertiary alicyclic amines) is 1. The van der Waals surface area contributed by atoms with Gasteiger partial charge < -0.3 is 10.2 Å². The summed E-state index contributed by atoms with van der Waals surface area (Å²) in [7, 11) is -3.75. The monoisotopic (exact) mass is 471 g/mol. The summed E-state index contributed by atoms with van der Waals surface area (Å²) in [5.41, 5.74) is 1.95. The second-order valence-corrected chi connectivity index (χ2v) is 10.8. The first-order valence-corrected chi connectivity index (χ1v) is 12.8. The van der Waals surface area contributed by atoms with E-state index in [0.29, 0.717) is 43.1 Å². The van der Waals surface area contributed by atoms with E-state index in [-0.39, 0.29) is 28.7 Å². The van der Waals surface area contributed by atoms with Crippen molar-refractivity contribution in [1.82, 2.24) is 10.2 Å². The number of nitrogens with zero attached hydrogens (tertiary/aromatic N) is 1. The lowest BCUT2D eigenvalue weighted by Gasteiger charge is -2.32.